The molecule has 0 radical (unpaired) electrons. The lowest BCUT2D eigenvalue weighted by Crippen LogP contribution is -2.06. The van der Waals surface area contributed by atoms with Gasteiger partial charge in [-0.05, 0) is 30.3 Å². The molecule has 0 aliphatic carbocycles. The van der Waals surface area contributed by atoms with Crippen molar-refractivity contribution in [3.63, 3.8) is 0 Å². The maximum Gasteiger partial charge on any atom is 0.359 e. The van der Waals surface area contributed by atoms with Crippen molar-refractivity contribution in [2.24, 2.45) is 0 Å². The quantitative estimate of drug-likeness (QED) is 0.522. The van der Waals surface area contributed by atoms with Crippen LogP contribution in [0.4, 0.5) is 4.39 Å². The zero-order chi connectivity index (χ0) is 18.6. The van der Waals surface area contributed by atoms with E-state index in [0.717, 1.165) is 5.52 Å². The molecule has 0 spiro atoms. The summed E-state index contributed by atoms with van der Waals surface area (Å²) in [6.45, 7) is -0.156. The van der Waals surface area contributed by atoms with Crippen molar-refractivity contribution in [3.8, 4) is 5.75 Å². The average Bonchev–Trinajstić information content (AvgIpc) is 3.32. The van der Waals surface area contributed by atoms with Crippen molar-refractivity contribution in [1.29, 1.82) is 0 Å². The Morgan fingerprint density at radius 3 is 2.78 bits per heavy atom. The van der Waals surface area contributed by atoms with Crippen molar-refractivity contribution < 1.29 is 23.2 Å². The van der Waals surface area contributed by atoms with Crippen molar-refractivity contribution in [1.82, 2.24) is 20.3 Å². The number of hydrogen-bond acceptors (Lipinski definition) is 7. The molecule has 0 bridgehead atoms. The topological polar surface area (TPSA) is 103 Å². The van der Waals surface area contributed by atoms with Gasteiger partial charge in [0.2, 0.25) is 5.82 Å². The molecular formula is C18H13FN4O4. The van der Waals surface area contributed by atoms with Gasteiger partial charge in [0.15, 0.2) is 18.9 Å². The highest BCUT2D eigenvalue weighted by molar-refractivity contribution is 6.01. The van der Waals surface area contributed by atoms with Crippen molar-refractivity contribution >= 4 is 16.9 Å². The van der Waals surface area contributed by atoms with E-state index in [1.165, 1.54) is 24.3 Å². The van der Waals surface area contributed by atoms with Crippen molar-refractivity contribution in [3.05, 3.63) is 71.8 Å². The van der Waals surface area contributed by atoms with Gasteiger partial charge in [-0.1, -0.05) is 23.4 Å². The van der Waals surface area contributed by atoms with Gasteiger partial charge >= 0.3 is 5.97 Å². The van der Waals surface area contributed by atoms with Crippen LogP contribution in [0.15, 0.2) is 53.1 Å². The van der Waals surface area contributed by atoms with E-state index < -0.39 is 5.97 Å². The van der Waals surface area contributed by atoms with Gasteiger partial charge in [0.05, 0.1) is 5.52 Å². The van der Waals surface area contributed by atoms with Crippen LogP contribution in [0.25, 0.3) is 10.9 Å². The molecule has 27 heavy (non-hydrogen) atoms. The number of benzene rings is 2. The van der Waals surface area contributed by atoms with Crippen LogP contribution in [-0.4, -0.2) is 26.3 Å². The molecule has 1 N–H and O–H groups in total. The van der Waals surface area contributed by atoms with Crippen LogP contribution in [0.2, 0.25) is 0 Å². The van der Waals surface area contributed by atoms with Gasteiger partial charge in [0, 0.05) is 5.39 Å². The summed E-state index contributed by atoms with van der Waals surface area (Å²) in [7, 11) is 0. The van der Waals surface area contributed by atoms with E-state index >= 15 is 0 Å². The van der Waals surface area contributed by atoms with E-state index in [1.54, 1.807) is 12.1 Å². The number of aromatic amines is 1. The van der Waals surface area contributed by atoms with Crippen LogP contribution in [-0.2, 0) is 18.0 Å². The van der Waals surface area contributed by atoms with Gasteiger partial charge in [-0.15, -0.1) is 0 Å². The molecule has 0 unspecified atom stereocenters. The lowest BCUT2D eigenvalue weighted by molar-refractivity contribution is 0.0425. The van der Waals surface area contributed by atoms with Crippen LogP contribution in [0.3, 0.4) is 0 Å². The predicted octanol–water partition coefficient (Wildman–Crippen LogP) is 3.02. The molecule has 9 heteroatoms. The number of rotatable bonds is 6. The Bertz CT molecular complexity index is 1070. The number of hydrogen-bond donors (Lipinski definition) is 1. The number of carbonyl (C=O) groups is 1. The number of esters is 1. The van der Waals surface area contributed by atoms with E-state index in [9.17, 15) is 9.18 Å². The third kappa shape index (κ3) is 3.76. The minimum absolute atomic E-state index is 0.0348. The molecule has 0 aliphatic rings. The van der Waals surface area contributed by atoms with Crippen LogP contribution < -0.4 is 4.74 Å². The van der Waals surface area contributed by atoms with Crippen molar-refractivity contribution in [2.45, 2.75) is 13.2 Å². The molecule has 2 aromatic carbocycles. The van der Waals surface area contributed by atoms with Gasteiger partial charge in [-0.25, -0.2) is 9.18 Å². The number of ether oxygens (including phenoxy) is 2. The second kappa shape index (κ2) is 7.24. The molecule has 8 nitrogen and oxygen atoms in total. The van der Waals surface area contributed by atoms with Crippen LogP contribution >= 0.6 is 0 Å². The molecule has 4 aromatic rings. The lowest BCUT2D eigenvalue weighted by atomic mass is 10.2. The first-order valence-electron chi connectivity index (χ1n) is 7.99. The Kier molecular flexibility index (Phi) is 4.48. The molecule has 0 saturated heterocycles. The SMILES string of the molecule is O=C(OCc1nc(COc2ccc(F)cc2)no1)c1n[nH]c2ccccc12. The Morgan fingerprint density at radius 2 is 1.93 bits per heavy atom. The van der Waals surface area contributed by atoms with Crippen molar-refractivity contribution in [2.75, 3.05) is 0 Å². The maximum absolute atomic E-state index is 12.8. The number of nitrogens with zero attached hydrogens (tertiary/aromatic N) is 3. The molecule has 0 fully saturated rings. The minimum atomic E-state index is -0.602. The van der Waals surface area contributed by atoms with E-state index in [1.807, 2.05) is 12.1 Å². The molecule has 2 aromatic heterocycles. The number of para-hydroxylation sites is 1. The fourth-order valence-corrected chi connectivity index (χ4v) is 2.40. The molecule has 0 aliphatic heterocycles. The summed E-state index contributed by atoms with van der Waals surface area (Å²) in [5.74, 6) is -0.0819. The van der Waals surface area contributed by atoms with Gasteiger partial charge < -0.3 is 14.0 Å². The molecule has 0 saturated carbocycles. The summed E-state index contributed by atoms with van der Waals surface area (Å²) >= 11 is 0. The monoisotopic (exact) mass is 368 g/mol. The number of aromatic nitrogens is 4. The maximum atomic E-state index is 12.8. The first-order valence-corrected chi connectivity index (χ1v) is 7.99. The summed E-state index contributed by atoms with van der Waals surface area (Å²) in [6.07, 6.45) is 0. The number of nitrogens with one attached hydrogen (secondary N) is 1. The highest BCUT2D eigenvalue weighted by Crippen LogP contribution is 2.16. The number of carbonyl (C=O) groups excluding carboxylic acids is 1. The Balaban J connectivity index is 1.34. The van der Waals surface area contributed by atoms with Gasteiger partial charge in [-0.2, -0.15) is 10.1 Å². The standard InChI is InChI=1S/C18H13FN4O4/c19-11-5-7-12(8-6-11)25-9-15-20-16(27-23-15)10-26-18(24)17-13-3-1-2-4-14(13)21-22-17/h1-8H,9-10H2,(H,21,22). The van der Waals surface area contributed by atoms with E-state index in [-0.39, 0.29) is 36.4 Å². The second-order valence-corrected chi connectivity index (χ2v) is 5.54. The first kappa shape index (κ1) is 16.7. The largest absolute Gasteiger partial charge is 0.485 e. The molecule has 2 heterocycles. The van der Waals surface area contributed by atoms with E-state index in [4.69, 9.17) is 14.0 Å². The lowest BCUT2D eigenvalue weighted by Gasteiger charge is -2.02. The predicted molar refractivity (Wildman–Crippen MR) is 90.2 cm³/mol. The average molecular weight is 368 g/mol. The van der Waals surface area contributed by atoms with E-state index in [2.05, 4.69) is 20.3 Å². The first-order chi connectivity index (χ1) is 13.2. The molecule has 4 rings (SSSR count). The molecule has 0 atom stereocenters. The summed E-state index contributed by atoms with van der Waals surface area (Å²) in [4.78, 5) is 16.3. The molecule has 136 valence electrons. The highest BCUT2D eigenvalue weighted by Gasteiger charge is 2.17. The zero-order valence-corrected chi connectivity index (χ0v) is 13.9. The Hall–Kier alpha value is -3.75. The Labute approximate surface area is 151 Å². The zero-order valence-electron chi connectivity index (χ0n) is 13.9. The minimum Gasteiger partial charge on any atom is -0.485 e. The van der Waals surface area contributed by atoms with E-state index in [0.29, 0.717) is 11.1 Å². The summed E-state index contributed by atoms with van der Waals surface area (Å²) in [5, 5.41) is 11.1. The van der Waals surface area contributed by atoms with Crippen LogP contribution in [0, 0.1) is 5.82 Å². The van der Waals surface area contributed by atoms with Gasteiger partial charge in [-0.3, -0.25) is 5.10 Å². The number of fused-ring (bicyclic) bond motifs is 1. The third-order valence-electron chi connectivity index (χ3n) is 3.68. The fraction of sp³-hybridized carbons (Fsp3) is 0.111. The summed E-state index contributed by atoms with van der Waals surface area (Å²) in [6, 6.07) is 12.8. The van der Waals surface area contributed by atoms with Crippen LogP contribution in [0.5, 0.6) is 5.75 Å². The normalized spacial score (nSPS) is 10.9. The van der Waals surface area contributed by atoms with Gasteiger partial charge in [0.25, 0.3) is 5.89 Å². The summed E-state index contributed by atoms with van der Waals surface area (Å²) < 4.78 is 28.5. The van der Waals surface area contributed by atoms with Crippen LogP contribution in [0.1, 0.15) is 22.2 Å². The third-order valence-corrected chi connectivity index (χ3v) is 3.68. The second-order valence-electron chi connectivity index (χ2n) is 5.54. The summed E-state index contributed by atoms with van der Waals surface area (Å²) in [5.41, 5.74) is 0.924. The highest BCUT2D eigenvalue weighted by atomic mass is 19.1. The molecular weight excluding hydrogens is 355 g/mol. The fourth-order valence-electron chi connectivity index (χ4n) is 2.40. The van der Waals surface area contributed by atoms with Gasteiger partial charge in [0.1, 0.15) is 11.6 Å². The smallest absolute Gasteiger partial charge is 0.359 e. The number of halogens is 1. The number of H-pyrrole nitrogens is 1. The molecule has 0 amide bonds. The Morgan fingerprint density at radius 1 is 1.11 bits per heavy atom.